The highest BCUT2D eigenvalue weighted by Crippen LogP contribution is 2.09. The second kappa shape index (κ2) is 7.87. The molecule has 0 atom stereocenters. The van der Waals surface area contributed by atoms with Crippen molar-refractivity contribution in [3.05, 3.63) is 53.9 Å². The Bertz CT molecular complexity index is 553. The zero-order valence-electron chi connectivity index (χ0n) is 12.7. The van der Waals surface area contributed by atoms with Crippen molar-refractivity contribution < 1.29 is 4.74 Å². The van der Waals surface area contributed by atoms with Crippen molar-refractivity contribution >= 4 is 5.95 Å². The molecule has 0 amide bonds. The molecule has 1 aliphatic rings. The summed E-state index contributed by atoms with van der Waals surface area (Å²) in [6.45, 7) is 5.01. The number of rotatable bonds is 6. The Morgan fingerprint density at radius 2 is 1.73 bits per heavy atom. The summed E-state index contributed by atoms with van der Waals surface area (Å²) in [5.74, 6) is 0.802. The molecule has 3 rings (SSSR count). The molecule has 5 heteroatoms. The van der Waals surface area contributed by atoms with Crippen LogP contribution in [0.1, 0.15) is 11.1 Å². The highest BCUT2D eigenvalue weighted by atomic mass is 16.5. The van der Waals surface area contributed by atoms with E-state index in [1.165, 1.54) is 5.56 Å². The highest BCUT2D eigenvalue weighted by Gasteiger charge is 2.13. The molecule has 0 radical (unpaired) electrons. The average Bonchev–Trinajstić information content (AvgIpc) is 2.61. The van der Waals surface area contributed by atoms with Crippen LogP contribution in [-0.4, -0.2) is 42.8 Å². The third-order valence-corrected chi connectivity index (χ3v) is 3.75. The number of hydrogen-bond donors (Lipinski definition) is 1. The van der Waals surface area contributed by atoms with Crippen molar-refractivity contribution in [1.29, 1.82) is 0 Å². The monoisotopic (exact) mass is 298 g/mol. The lowest BCUT2D eigenvalue weighted by atomic mass is 10.1. The van der Waals surface area contributed by atoms with E-state index < -0.39 is 0 Å². The van der Waals surface area contributed by atoms with Gasteiger partial charge in [0.2, 0.25) is 5.95 Å². The van der Waals surface area contributed by atoms with Crippen LogP contribution in [0.4, 0.5) is 5.95 Å². The van der Waals surface area contributed by atoms with Crippen LogP contribution in [0.5, 0.6) is 0 Å². The van der Waals surface area contributed by atoms with Gasteiger partial charge in [-0.05, 0) is 18.5 Å². The third-order valence-electron chi connectivity index (χ3n) is 3.75. The fourth-order valence-electron chi connectivity index (χ4n) is 2.48. The first-order chi connectivity index (χ1) is 10.9. The van der Waals surface area contributed by atoms with Gasteiger partial charge in [-0.2, -0.15) is 0 Å². The second-order valence-corrected chi connectivity index (χ2v) is 5.40. The van der Waals surface area contributed by atoms with Gasteiger partial charge in [-0.25, -0.2) is 9.97 Å². The molecule has 2 aromatic rings. The molecule has 0 aliphatic carbocycles. The molecule has 5 nitrogen and oxygen atoms in total. The van der Waals surface area contributed by atoms with Crippen LogP contribution in [0, 0.1) is 0 Å². The number of ether oxygens (including phenoxy) is 1. The summed E-state index contributed by atoms with van der Waals surface area (Å²) in [6.07, 6.45) is 4.86. The van der Waals surface area contributed by atoms with Gasteiger partial charge >= 0.3 is 0 Å². The van der Waals surface area contributed by atoms with Gasteiger partial charge in [-0.3, -0.25) is 0 Å². The molecule has 0 saturated carbocycles. The SMILES string of the molecule is c1ccc(CCNCc2cnc(N3CCOCC3)nc2)cc1. The molecule has 116 valence electrons. The van der Waals surface area contributed by atoms with Crippen molar-refractivity contribution in [2.24, 2.45) is 0 Å². The van der Waals surface area contributed by atoms with Crippen LogP contribution >= 0.6 is 0 Å². The lowest BCUT2D eigenvalue weighted by molar-refractivity contribution is 0.122. The van der Waals surface area contributed by atoms with Crippen molar-refractivity contribution in [3.8, 4) is 0 Å². The lowest BCUT2D eigenvalue weighted by Gasteiger charge is -2.26. The summed E-state index contributed by atoms with van der Waals surface area (Å²) < 4.78 is 5.34. The van der Waals surface area contributed by atoms with Gasteiger partial charge in [0.1, 0.15) is 0 Å². The molecule has 1 aromatic heterocycles. The Labute approximate surface area is 131 Å². The minimum absolute atomic E-state index is 0.756. The lowest BCUT2D eigenvalue weighted by Crippen LogP contribution is -2.37. The first kappa shape index (κ1) is 14.9. The van der Waals surface area contributed by atoms with Gasteiger partial charge in [-0.15, -0.1) is 0 Å². The smallest absolute Gasteiger partial charge is 0.225 e. The Morgan fingerprint density at radius 1 is 1.00 bits per heavy atom. The fraction of sp³-hybridized carbons (Fsp3) is 0.412. The molecular formula is C17H22N4O. The standard InChI is InChI=1S/C17H22N4O/c1-2-4-15(5-3-1)6-7-18-12-16-13-19-17(20-14-16)21-8-10-22-11-9-21/h1-5,13-14,18H,6-12H2. The Balaban J connectivity index is 1.43. The van der Waals surface area contributed by atoms with Crippen LogP contribution in [0.2, 0.25) is 0 Å². The third kappa shape index (κ3) is 4.26. The van der Waals surface area contributed by atoms with Gasteiger partial charge in [0.25, 0.3) is 0 Å². The zero-order valence-corrected chi connectivity index (χ0v) is 12.7. The largest absolute Gasteiger partial charge is 0.378 e. The quantitative estimate of drug-likeness (QED) is 0.822. The molecule has 0 unspecified atom stereocenters. The number of anilines is 1. The van der Waals surface area contributed by atoms with Gasteiger partial charge in [0, 0.05) is 37.6 Å². The number of aromatic nitrogens is 2. The van der Waals surface area contributed by atoms with Crippen LogP contribution < -0.4 is 10.2 Å². The topological polar surface area (TPSA) is 50.3 Å². The average molecular weight is 298 g/mol. The molecule has 1 aromatic carbocycles. The van der Waals surface area contributed by atoms with Crippen LogP contribution in [0.25, 0.3) is 0 Å². The maximum atomic E-state index is 5.34. The summed E-state index contributed by atoms with van der Waals surface area (Å²) in [7, 11) is 0. The maximum Gasteiger partial charge on any atom is 0.225 e. The van der Waals surface area contributed by atoms with E-state index in [0.29, 0.717) is 0 Å². The van der Waals surface area contributed by atoms with Crippen molar-refractivity contribution in [1.82, 2.24) is 15.3 Å². The Hall–Kier alpha value is -1.98. The van der Waals surface area contributed by atoms with Gasteiger partial charge in [0.15, 0.2) is 0 Å². The number of morpholine rings is 1. The predicted molar refractivity (Wildman–Crippen MR) is 86.9 cm³/mol. The molecule has 0 spiro atoms. The van der Waals surface area contributed by atoms with E-state index in [0.717, 1.165) is 57.3 Å². The van der Waals surface area contributed by atoms with Gasteiger partial charge in [0.05, 0.1) is 13.2 Å². The first-order valence-electron chi connectivity index (χ1n) is 7.80. The van der Waals surface area contributed by atoms with Crippen LogP contribution in [0.3, 0.4) is 0 Å². The minimum atomic E-state index is 0.756. The summed E-state index contributed by atoms with van der Waals surface area (Å²) in [4.78, 5) is 11.1. The predicted octanol–water partition coefficient (Wildman–Crippen LogP) is 1.65. The van der Waals surface area contributed by atoms with E-state index in [2.05, 4.69) is 44.5 Å². The van der Waals surface area contributed by atoms with Gasteiger partial charge < -0.3 is 15.0 Å². The van der Waals surface area contributed by atoms with E-state index in [-0.39, 0.29) is 0 Å². The molecule has 2 heterocycles. The second-order valence-electron chi connectivity index (χ2n) is 5.40. The number of nitrogens with one attached hydrogen (secondary N) is 1. The summed E-state index contributed by atoms with van der Waals surface area (Å²) in [5.41, 5.74) is 2.47. The Morgan fingerprint density at radius 3 is 2.45 bits per heavy atom. The van der Waals surface area contributed by atoms with Crippen molar-refractivity contribution in [2.45, 2.75) is 13.0 Å². The summed E-state index contributed by atoms with van der Waals surface area (Å²) >= 11 is 0. The minimum Gasteiger partial charge on any atom is -0.378 e. The fourth-order valence-corrected chi connectivity index (χ4v) is 2.48. The van der Waals surface area contributed by atoms with Gasteiger partial charge in [-0.1, -0.05) is 30.3 Å². The highest BCUT2D eigenvalue weighted by molar-refractivity contribution is 5.30. The zero-order chi connectivity index (χ0) is 15.0. The summed E-state index contributed by atoms with van der Waals surface area (Å²) in [6, 6.07) is 10.5. The van der Waals surface area contributed by atoms with E-state index >= 15 is 0 Å². The van der Waals surface area contributed by atoms with E-state index in [4.69, 9.17) is 4.74 Å². The molecule has 1 fully saturated rings. The number of nitrogens with zero attached hydrogens (tertiary/aromatic N) is 3. The van der Waals surface area contributed by atoms with E-state index in [1.807, 2.05) is 18.5 Å². The summed E-state index contributed by atoms with van der Waals surface area (Å²) in [5, 5.41) is 3.44. The van der Waals surface area contributed by atoms with E-state index in [9.17, 15) is 0 Å². The molecule has 1 saturated heterocycles. The molecule has 22 heavy (non-hydrogen) atoms. The van der Waals surface area contributed by atoms with Crippen LogP contribution in [-0.2, 0) is 17.7 Å². The van der Waals surface area contributed by atoms with Crippen molar-refractivity contribution in [2.75, 3.05) is 37.7 Å². The van der Waals surface area contributed by atoms with Crippen molar-refractivity contribution in [3.63, 3.8) is 0 Å². The molecule has 0 bridgehead atoms. The number of hydrogen-bond acceptors (Lipinski definition) is 5. The maximum absolute atomic E-state index is 5.34. The molecule has 1 N–H and O–H groups in total. The normalized spacial score (nSPS) is 15.0. The first-order valence-corrected chi connectivity index (χ1v) is 7.80. The molecule has 1 aliphatic heterocycles. The molecular weight excluding hydrogens is 276 g/mol. The van der Waals surface area contributed by atoms with Crippen LogP contribution in [0.15, 0.2) is 42.7 Å². The Kier molecular flexibility index (Phi) is 5.34. The number of benzene rings is 1. The van der Waals surface area contributed by atoms with E-state index in [1.54, 1.807) is 0 Å².